The van der Waals surface area contributed by atoms with Gasteiger partial charge in [-0.05, 0) is 44.6 Å². The third-order valence-electron chi connectivity index (χ3n) is 4.58. The van der Waals surface area contributed by atoms with Crippen molar-refractivity contribution in [1.82, 2.24) is 15.1 Å². The number of nitrogens with one attached hydrogen (secondary N) is 1. The number of nitrogens with zero attached hydrogens (tertiary/aromatic N) is 2. The fourth-order valence-corrected chi connectivity index (χ4v) is 3.55. The summed E-state index contributed by atoms with van der Waals surface area (Å²) < 4.78 is 1.69. The highest BCUT2D eigenvalue weighted by Crippen LogP contribution is 2.22. The van der Waals surface area contributed by atoms with Crippen LogP contribution in [0.3, 0.4) is 0 Å². The molecule has 0 saturated carbocycles. The van der Waals surface area contributed by atoms with Gasteiger partial charge in [0.25, 0.3) is 5.91 Å². The molecule has 1 N–H and O–H groups in total. The van der Waals surface area contributed by atoms with Crippen LogP contribution in [0, 0.1) is 6.92 Å². The fraction of sp³-hybridized carbons (Fsp3) is 0.400. The predicted molar refractivity (Wildman–Crippen MR) is 101 cm³/mol. The highest BCUT2D eigenvalue weighted by Gasteiger charge is 2.20. The topological polar surface area (TPSA) is 46.9 Å². The molecule has 132 valence electrons. The lowest BCUT2D eigenvalue weighted by molar-refractivity contribution is 0.0953. The fourth-order valence-electron chi connectivity index (χ4n) is 3.23. The zero-order chi connectivity index (χ0) is 17.6. The van der Waals surface area contributed by atoms with E-state index in [1.807, 2.05) is 37.3 Å². The molecule has 1 heterocycles. The van der Waals surface area contributed by atoms with Gasteiger partial charge in [0.1, 0.15) is 5.15 Å². The van der Waals surface area contributed by atoms with Crippen LogP contribution >= 0.6 is 11.6 Å². The van der Waals surface area contributed by atoms with Crippen LogP contribution in [-0.4, -0.2) is 22.2 Å². The van der Waals surface area contributed by atoms with Crippen LogP contribution in [0.1, 0.15) is 53.7 Å². The molecule has 0 radical (unpaired) electrons. The van der Waals surface area contributed by atoms with Gasteiger partial charge in [0.05, 0.1) is 17.8 Å². The van der Waals surface area contributed by atoms with E-state index in [9.17, 15) is 4.79 Å². The number of hydrogen-bond acceptors (Lipinski definition) is 2. The highest BCUT2D eigenvalue weighted by molar-refractivity contribution is 6.33. The first-order valence-corrected chi connectivity index (χ1v) is 9.26. The van der Waals surface area contributed by atoms with E-state index in [0.29, 0.717) is 29.5 Å². The Hall–Kier alpha value is -2.07. The number of amides is 1. The Kier molecular flexibility index (Phi) is 5.92. The van der Waals surface area contributed by atoms with Crippen molar-refractivity contribution in [3.63, 3.8) is 0 Å². The van der Waals surface area contributed by atoms with Crippen LogP contribution < -0.4 is 5.32 Å². The van der Waals surface area contributed by atoms with Crippen molar-refractivity contribution in [2.24, 2.45) is 0 Å². The Balaban J connectivity index is 1.63. The van der Waals surface area contributed by atoms with Gasteiger partial charge in [0.15, 0.2) is 0 Å². The summed E-state index contributed by atoms with van der Waals surface area (Å²) in [6, 6.07) is 9.97. The van der Waals surface area contributed by atoms with Crippen molar-refractivity contribution in [1.29, 1.82) is 0 Å². The summed E-state index contributed by atoms with van der Waals surface area (Å²) in [6.45, 7) is 3.02. The number of aromatic nitrogens is 2. The number of allylic oxidation sites excluding steroid dienone is 1. The van der Waals surface area contributed by atoms with E-state index in [2.05, 4.69) is 16.5 Å². The first-order chi connectivity index (χ1) is 12.1. The van der Waals surface area contributed by atoms with Gasteiger partial charge >= 0.3 is 0 Å². The van der Waals surface area contributed by atoms with Crippen LogP contribution in [0.15, 0.2) is 42.0 Å². The Morgan fingerprint density at radius 2 is 2.08 bits per heavy atom. The summed E-state index contributed by atoms with van der Waals surface area (Å²) in [5, 5.41) is 7.82. The quantitative estimate of drug-likeness (QED) is 0.773. The van der Waals surface area contributed by atoms with Gasteiger partial charge in [-0.2, -0.15) is 5.10 Å². The van der Waals surface area contributed by atoms with E-state index in [1.165, 1.54) is 24.8 Å². The molecule has 2 aromatic rings. The molecular formula is C20H24ClN3O. The third kappa shape index (κ3) is 4.51. The number of halogens is 1. The normalized spacial score (nSPS) is 14.2. The molecule has 25 heavy (non-hydrogen) atoms. The molecule has 1 aromatic carbocycles. The van der Waals surface area contributed by atoms with E-state index < -0.39 is 0 Å². The van der Waals surface area contributed by atoms with E-state index >= 15 is 0 Å². The van der Waals surface area contributed by atoms with Crippen molar-refractivity contribution in [2.75, 3.05) is 6.54 Å². The van der Waals surface area contributed by atoms with Gasteiger partial charge in [-0.15, -0.1) is 0 Å². The largest absolute Gasteiger partial charge is 0.352 e. The number of carbonyl (C=O) groups excluding carboxylic acids is 1. The summed E-state index contributed by atoms with van der Waals surface area (Å²) in [7, 11) is 0. The van der Waals surface area contributed by atoms with Crippen LogP contribution in [-0.2, 0) is 6.54 Å². The van der Waals surface area contributed by atoms with Gasteiger partial charge in [-0.25, -0.2) is 4.68 Å². The first-order valence-electron chi connectivity index (χ1n) is 8.88. The average molecular weight is 358 g/mol. The van der Waals surface area contributed by atoms with Crippen molar-refractivity contribution in [2.45, 2.75) is 45.6 Å². The number of benzene rings is 1. The van der Waals surface area contributed by atoms with Crippen LogP contribution in [0.2, 0.25) is 5.15 Å². The van der Waals surface area contributed by atoms with Crippen LogP contribution in [0.25, 0.3) is 0 Å². The minimum Gasteiger partial charge on any atom is -0.352 e. The average Bonchev–Trinajstić information content (AvgIpc) is 2.90. The Morgan fingerprint density at radius 3 is 2.80 bits per heavy atom. The summed E-state index contributed by atoms with van der Waals surface area (Å²) in [6.07, 6.45) is 8.10. The van der Waals surface area contributed by atoms with Gasteiger partial charge in [0.2, 0.25) is 0 Å². The van der Waals surface area contributed by atoms with E-state index in [4.69, 9.17) is 11.6 Å². The monoisotopic (exact) mass is 357 g/mol. The van der Waals surface area contributed by atoms with Crippen molar-refractivity contribution < 1.29 is 4.79 Å². The maximum atomic E-state index is 12.5. The second-order valence-corrected chi connectivity index (χ2v) is 6.87. The van der Waals surface area contributed by atoms with Gasteiger partial charge < -0.3 is 5.32 Å². The number of aryl methyl sites for hydroxylation is 1. The van der Waals surface area contributed by atoms with Gasteiger partial charge in [-0.3, -0.25) is 4.79 Å². The molecule has 0 bridgehead atoms. The zero-order valence-electron chi connectivity index (χ0n) is 14.6. The second kappa shape index (κ2) is 8.34. The molecule has 0 fully saturated rings. The molecular weight excluding hydrogens is 334 g/mol. The summed E-state index contributed by atoms with van der Waals surface area (Å²) in [4.78, 5) is 12.5. The maximum Gasteiger partial charge on any atom is 0.256 e. The molecule has 3 rings (SSSR count). The molecule has 0 unspecified atom stereocenters. The number of rotatable bonds is 6. The lowest BCUT2D eigenvalue weighted by Crippen LogP contribution is -2.25. The second-order valence-electron chi connectivity index (χ2n) is 6.51. The molecule has 0 aliphatic heterocycles. The van der Waals surface area contributed by atoms with Crippen molar-refractivity contribution in [3.05, 3.63) is 64.0 Å². The zero-order valence-corrected chi connectivity index (χ0v) is 15.4. The Labute approximate surface area is 153 Å². The molecule has 1 amide bonds. The number of carbonyl (C=O) groups is 1. The van der Waals surface area contributed by atoms with E-state index in [-0.39, 0.29) is 5.91 Å². The third-order valence-corrected chi connectivity index (χ3v) is 4.97. The molecule has 0 saturated heterocycles. The van der Waals surface area contributed by atoms with Crippen molar-refractivity contribution >= 4 is 17.5 Å². The molecule has 1 aromatic heterocycles. The minimum atomic E-state index is -0.141. The minimum absolute atomic E-state index is 0.141. The highest BCUT2D eigenvalue weighted by atomic mass is 35.5. The predicted octanol–water partition coefficient (Wildman–Crippen LogP) is 4.51. The van der Waals surface area contributed by atoms with Crippen LogP contribution in [0.5, 0.6) is 0 Å². The molecule has 1 aliphatic carbocycles. The summed E-state index contributed by atoms with van der Waals surface area (Å²) >= 11 is 6.43. The lowest BCUT2D eigenvalue weighted by Gasteiger charge is -2.13. The van der Waals surface area contributed by atoms with Crippen LogP contribution in [0.4, 0.5) is 0 Å². The smallest absolute Gasteiger partial charge is 0.256 e. The maximum absolute atomic E-state index is 12.5. The SMILES string of the molecule is Cc1nn(Cc2ccccc2)c(Cl)c1C(=O)NCCC1=CCCCC1. The molecule has 4 nitrogen and oxygen atoms in total. The van der Waals surface area contributed by atoms with E-state index in [1.54, 1.807) is 4.68 Å². The Bertz CT molecular complexity index is 765. The standard InChI is InChI=1S/C20H24ClN3O/c1-15-18(20(25)22-13-12-16-8-4-2-5-9-16)19(21)24(23-15)14-17-10-6-3-7-11-17/h3,6-8,10-11H,2,4-5,9,12-14H2,1H3,(H,22,25). The van der Waals surface area contributed by atoms with Crippen molar-refractivity contribution in [3.8, 4) is 0 Å². The molecule has 0 atom stereocenters. The Morgan fingerprint density at radius 1 is 1.28 bits per heavy atom. The molecule has 0 spiro atoms. The molecule has 5 heteroatoms. The molecule has 1 aliphatic rings. The number of hydrogen-bond donors (Lipinski definition) is 1. The lowest BCUT2D eigenvalue weighted by atomic mass is 9.97. The van der Waals surface area contributed by atoms with E-state index in [0.717, 1.165) is 18.4 Å². The first kappa shape index (κ1) is 17.7. The van der Waals surface area contributed by atoms with Gasteiger partial charge in [-0.1, -0.05) is 53.6 Å². The van der Waals surface area contributed by atoms with Gasteiger partial charge in [0, 0.05) is 6.54 Å². The summed E-state index contributed by atoms with van der Waals surface area (Å²) in [5.41, 5.74) is 3.70. The summed E-state index contributed by atoms with van der Waals surface area (Å²) in [5.74, 6) is -0.141.